The van der Waals surface area contributed by atoms with Crippen LogP contribution in [0.15, 0.2) is 40.9 Å². The summed E-state index contributed by atoms with van der Waals surface area (Å²) in [6.07, 6.45) is 0. The van der Waals surface area contributed by atoms with Crippen LogP contribution in [0.2, 0.25) is 5.02 Å². The number of hydrogen-bond acceptors (Lipinski definition) is 1. The first kappa shape index (κ1) is 14.9. The topological polar surface area (TPSA) is 9.23 Å². The van der Waals surface area contributed by atoms with Crippen LogP contribution >= 0.6 is 43.5 Å². The Bertz CT molecular complexity index is 599. The Morgan fingerprint density at radius 2 is 1.89 bits per heavy atom. The summed E-state index contributed by atoms with van der Waals surface area (Å²) >= 11 is 13.3. The SMILES string of the molecule is COc1ccc(C(Br)c2ccc(Br)c(Cl)c2)c(C)c1. The lowest BCUT2D eigenvalue weighted by atomic mass is 10.0. The molecule has 2 aromatic carbocycles. The first-order valence-corrected chi connectivity index (χ1v) is 7.85. The molecule has 0 aliphatic heterocycles. The maximum absolute atomic E-state index is 6.15. The molecule has 4 heteroatoms. The summed E-state index contributed by atoms with van der Waals surface area (Å²) in [5, 5.41) is 0.716. The molecule has 100 valence electrons. The molecule has 0 N–H and O–H groups in total. The standard InChI is InChI=1S/C15H13Br2ClO/c1-9-7-11(19-2)4-5-12(9)15(17)10-3-6-13(16)14(18)8-10/h3-8,15H,1-2H3. The van der Waals surface area contributed by atoms with Gasteiger partial charge in [-0.05, 0) is 63.8 Å². The van der Waals surface area contributed by atoms with Crippen LogP contribution in [0.1, 0.15) is 21.5 Å². The highest BCUT2D eigenvalue weighted by atomic mass is 79.9. The molecular weight excluding hydrogens is 391 g/mol. The predicted molar refractivity (Wildman–Crippen MR) is 87.7 cm³/mol. The molecule has 1 unspecified atom stereocenters. The van der Waals surface area contributed by atoms with Crippen LogP contribution in [0.25, 0.3) is 0 Å². The zero-order valence-corrected chi connectivity index (χ0v) is 14.5. The molecule has 0 bridgehead atoms. The number of benzene rings is 2. The van der Waals surface area contributed by atoms with E-state index in [0.717, 1.165) is 15.8 Å². The van der Waals surface area contributed by atoms with Gasteiger partial charge in [-0.1, -0.05) is 39.7 Å². The quantitative estimate of drug-likeness (QED) is 0.579. The van der Waals surface area contributed by atoms with E-state index < -0.39 is 0 Å². The van der Waals surface area contributed by atoms with Crippen LogP contribution in [0.5, 0.6) is 5.75 Å². The van der Waals surface area contributed by atoms with E-state index in [2.05, 4.69) is 50.9 Å². The summed E-state index contributed by atoms with van der Waals surface area (Å²) in [6, 6.07) is 12.1. The number of ether oxygens (including phenoxy) is 1. The fourth-order valence-electron chi connectivity index (χ4n) is 1.91. The van der Waals surface area contributed by atoms with E-state index >= 15 is 0 Å². The van der Waals surface area contributed by atoms with Gasteiger partial charge in [-0.3, -0.25) is 0 Å². The van der Waals surface area contributed by atoms with E-state index in [-0.39, 0.29) is 4.83 Å². The molecule has 0 saturated heterocycles. The third-order valence-corrected chi connectivity index (χ3v) is 5.24. The Labute approximate surface area is 135 Å². The van der Waals surface area contributed by atoms with Gasteiger partial charge >= 0.3 is 0 Å². The van der Waals surface area contributed by atoms with E-state index in [1.807, 2.05) is 24.3 Å². The Kier molecular flexibility index (Phi) is 4.93. The molecule has 0 aliphatic rings. The molecule has 2 rings (SSSR count). The largest absolute Gasteiger partial charge is 0.497 e. The van der Waals surface area contributed by atoms with Crippen molar-refractivity contribution in [2.24, 2.45) is 0 Å². The molecule has 19 heavy (non-hydrogen) atoms. The van der Waals surface area contributed by atoms with Gasteiger partial charge in [0.2, 0.25) is 0 Å². The van der Waals surface area contributed by atoms with Crippen molar-refractivity contribution in [1.82, 2.24) is 0 Å². The van der Waals surface area contributed by atoms with Gasteiger partial charge < -0.3 is 4.74 Å². The molecule has 0 radical (unpaired) electrons. The van der Waals surface area contributed by atoms with Gasteiger partial charge in [0.15, 0.2) is 0 Å². The van der Waals surface area contributed by atoms with Gasteiger partial charge in [-0.2, -0.15) is 0 Å². The molecule has 0 fully saturated rings. The van der Waals surface area contributed by atoms with Crippen LogP contribution in [0, 0.1) is 6.92 Å². The number of rotatable bonds is 3. The minimum absolute atomic E-state index is 0.115. The minimum atomic E-state index is 0.115. The highest BCUT2D eigenvalue weighted by Crippen LogP contribution is 2.36. The van der Waals surface area contributed by atoms with Crippen molar-refractivity contribution in [3.63, 3.8) is 0 Å². The van der Waals surface area contributed by atoms with Gasteiger partial charge in [0.05, 0.1) is 17.0 Å². The second-order valence-electron chi connectivity index (χ2n) is 4.26. The lowest BCUT2D eigenvalue weighted by molar-refractivity contribution is 0.414. The first-order chi connectivity index (χ1) is 9.02. The smallest absolute Gasteiger partial charge is 0.119 e. The van der Waals surface area contributed by atoms with Crippen LogP contribution in [-0.4, -0.2) is 7.11 Å². The second kappa shape index (κ2) is 6.29. The van der Waals surface area contributed by atoms with Crippen molar-refractivity contribution in [2.75, 3.05) is 7.11 Å². The molecule has 1 nitrogen and oxygen atoms in total. The van der Waals surface area contributed by atoms with Crippen molar-refractivity contribution in [3.8, 4) is 5.75 Å². The molecule has 1 atom stereocenters. The third kappa shape index (κ3) is 3.33. The summed E-state index contributed by atoms with van der Waals surface area (Å²) in [5.41, 5.74) is 3.51. The summed E-state index contributed by atoms with van der Waals surface area (Å²) < 4.78 is 6.13. The summed E-state index contributed by atoms with van der Waals surface area (Å²) in [7, 11) is 1.68. The Morgan fingerprint density at radius 3 is 2.47 bits per heavy atom. The van der Waals surface area contributed by atoms with Crippen LogP contribution in [0.4, 0.5) is 0 Å². The lowest BCUT2D eigenvalue weighted by Crippen LogP contribution is -1.97. The van der Waals surface area contributed by atoms with Crippen molar-refractivity contribution in [3.05, 3.63) is 62.6 Å². The molecule has 2 aromatic rings. The van der Waals surface area contributed by atoms with E-state index in [1.165, 1.54) is 11.1 Å². The highest BCUT2D eigenvalue weighted by Gasteiger charge is 2.14. The van der Waals surface area contributed by atoms with Gasteiger partial charge in [-0.25, -0.2) is 0 Å². The van der Waals surface area contributed by atoms with E-state index in [4.69, 9.17) is 16.3 Å². The zero-order valence-electron chi connectivity index (χ0n) is 10.6. The van der Waals surface area contributed by atoms with E-state index in [9.17, 15) is 0 Å². The number of halogens is 3. The maximum Gasteiger partial charge on any atom is 0.119 e. The summed E-state index contributed by atoms with van der Waals surface area (Å²) in [5.74, 6) is 0.870. The molecule has 0 aromatic heterocycles. The van der Waals surface area contributed by atoms with Crippen LogP contribution in [0.3, 0.4) is 0 Å². The van der Waals surface area contributed by atoms with E-state index in [1.54, 1.807) is 7.11 Å². The zero-order chi connectivity index (χ0) is 14.0. The van der Waals surface area contributed by atoms with Crippen molar-refractivity contribution in [2.45, 2.75) is 11.8 Å². The monoisotopic (exact) mass is 402 g/mol. The first-order valence-electron chi connectivity index (χ1n) is 5.76. The summed E-state index contributed by atoms with van der Waals surface area (Å²) in [6.45, 7) is 2.08. The average molecular weight is 405 g/mol. The highest BCUT2D eigenvalue weighted by molar-refractivity contribution is 9.10. The fraction of sp³-hybridized carbons (Fsp3) is 0.200. The number of aryl methyl sites for hydroxylation is 1. The minimum Gasteiger partial charge on any atom is -0.497 e. The molecule has 0 saturated carbocycles. The Balaban J connectivity index is 2.38. The molecular formula is C15H13Br2ClO. The third-order valence-electron chi connectivity index (χ3n) is 2.99. The molecule has 0 aliphatic carbocycles. The molecule has 0 spiro atoms. The molecule has 0 amide bonds. The fourth-order valence-corrected chi connectivity index (χ4v) is 3.14. The summed E-state index contributed by atoms with van der Waals surface area (Å²) in [4.78, 5) is 0.115. The van der Waals surface area contributed by atoms with Crippen molar-refractivity contribution >= 4 is 43.5 Å². The van der Waals surface area contributed by atoms with Crippen LogP contribution in [-0.2, 0) is 0 Å². The normalized spacial score (nSPS) is 12.3. The van der Waals surface area contributed by atoms with Gasteiger partial charge in [-0.15, -0.1) is 0 Å². The Hall–Kier alpha value is -0.510. The number of hydrogen-bond donors (Lipinski definition) is 0. The van der Waals surface area contributed by atoms with Gasteiger partial charge in [0.25, 0.3) is 0 Å². The number of alkyl halides is 1. The molecule has 0 heterocycles. The van der Waals surface area contributed by atoms with Crippen LogP contribution < -0.4 is 4.74 Å². The average Bonchev–Trinajstić information content (AvgIpc) is 2.41. The van der Waals surface area contributed by atoms with Crippen molar-refractivity contribution < 1.29 is 4.74 Å². The van der Waals surface area contributed by atoms with Crippen molar-refractivity contribution in [1.29, 1.82) is 0 Å². The van der Waals surface area contributed by atoms with Gasteiger partial charge in [0, 0.05) is 4.47 Å². The van der Waals surface area contributed by atoms with Gasteiger partial charge in [0.1, 0.15) is 5.75 Å². The Morgan fingerprint density at radius 1 is 1.16 bits per heavy atom. The van der Waals surface area contributed by atoms with E-state index in [0.29, 0.717) is 5.02 Å². The maximum atomic E-state index is 6.15. The lowest BCUT2D eigenvalue weighted by Gasteiger charge is -2.15. The second-order valence-corrected chi connectivity index (χ2v) is 6.44. The predicted octanol–water partition coefficient (Wildman–Crippen LogP) is 5.90. The number of methoxy groups -OCH3 is 1.